The average Bonchev–Trinajstić information content (AvgIpc) is 2.63. The second kappa shape index (κ2) is 7.87. The van der Waals surface area contributed by atoms with Crippen LogP contribution in [0.25, 0.3) is 0 Å². The quantitative estimate of drug-likeness (QED) is 0.542. The Bertz CT molecular complexity index is 1100. The van der Waals surface area contributed by atoms with Gasteiger partial charge < -0.3 is 9.88 Å². The molecule has 0 spiro atoms. The zero-order valence-corrected chi connectivity index (χ0v) is 15.5. The van der Waals surface area contributed by atoms with Crippen LogP contribution >= 0.6 is 0 Å². The number of benzene rings is 2. The number of carbonyl (C=O) groups is 1. The minimum atomic E-state index is -0.486. The van der Waals surface area contributed by atoms with Crippen LogP contribution in [0.3, 0.4) is 0 Å². The number of anilines is 1. The molecule has 2 aromatic carbocycles. The number of nitro benzene ring substituents is 1. The van der Waals surface area contributed by atoms with Gasteiger partial charge >= 0.3 is 0 Å². The number of aryl methyl sites for hydroxylation is 2. The SMILES string of the molecule is Cc1cc(C)cc(NC(=O)c2ccc(=O)n(Cc3cccc([N+](=O)[O-])c3)c2)c1. The molecular weight excluding hydrogens is 358 g/mol. The number of nitrogens with zero attached hydrogens (tertiary/aromatic N) is 2. The van der Waals surface area contributed by atoms with Crippen molar-refractivity contribution in [2.45, 2.75) is 20.4 Å². The molecule has 7 heteroatoms. The highest BCUT2D eigenvalue weighted by Gasteiger charge is 2.11. The Morgan fingerprint density at radius 1 is 1.07 bits per heavy atom. The van der Waals surface area contributed by atoms with Crippen molar-refractivity contribution < 1.29 is 9.72 Å². The maximum Gasteiger partial charge on any atom is 0.269 e. The molecule has 0 atom stereocenters. The van der Waals surface area contributed by atoms with E-state index < -0.39 is 4.92 Å². The number of nitro groups is 1. The average molecular weight is 377 g/mol. The summed E-state index contributed by atoms with van der Waals surface area (Å²) < 4.78 is 1.36. The van der Waals surface area contributed by atoms with Gasteiger partial charge in [-0.25, -0.2) is 0 Å². The molecule has 142 valence electrons. The Morgan fingerprint density at radius 3 is 2.46 bits per heavy atom. The third-order valence-electron chi connectivity index (χ3n) is 4.20. The van der Waals surface area contributed by atoms with Gasteiger partial charge in [0.1, 0.15) is 0 Å². The van der Waals surface area contributed by atoms with E-state index in [0.717, 1.165) is 11.1 Å². The molecule has 1 N–H and O–H groups in total. The van der Waals surface area contributed by atoms with Gasteiger partial charge in [0.05, 0.1) is 17.0 Å². The van der Waals surface area contributed by atoms with Crippen molar-refractivity contribution in [3.63, 3.8) is 0 Å². The zero-order valence-electron chi connectivity index (χ0n) is 15.5. The second-order valence-electron chi connectivity index (χ2n) is 6.64. The summed E-state index contributed by atoms with van der Waals surface area (Å²) in [5.41, 5.74) is 3.33. The number of hydrogen-bond acceptors (Lipinski definition) is 4. The van der Waals surface area contributed by atoms with Gasteiger partial charge in [-0.15, -0.1) is 0 Å². The van der Waals surface area contributed by atoms with E-state index in [4.69, 9.17) is 0 Å². The molecule has 0 aliphatic rings. The Hall–Kier alpha value is -3.74. The molecule has 0 saturated heterocycles. The highest BCUT2D eigenvalue weighted by Crippen LogP contribution is 2.16. The van der Waals surface area contributed by atoms with Crippen LogP contribution in [-0.2, 0) is 6.54 Å². The molecule has 0 unspecified atom stereocenters. The molecule has 0 bridgehead atoms. The molecule has 3 rings (SSSR count). The highest BCUT2D eigenvalue weighted by atomic mass is 16.6. The first-order valence-electron chi connectivity index (χ1n) is 8.65. The molecule has 0 aliphatic carbocycles. The van der Waals surface area contributed by atoms with Crippen LogP contribution in [0.4, 0.5) is 11.4 Å². The van der Waals surface area contributed by atoms with Crippen LogP contribution in [0, 0.1) is 24.0 Å². The van der Waals surface area contributed by atoms with Gasteiger partial charge in [-0.3, -0.25) is 19.7 Å². The monoisotopic (exact) mass is 377 g/mol. The van der Waals surface area contributed by atoms with Crippen LogP contribution < -0.4 is 10.9 Å². The first kappa shape index (κ1) is 19.0. The summed E-state index contributed by atoms with van der Waals surface area (Å²) in [5, 5.41) is 13.8. The van der Waals surface area contributed by atoms with Crippen LogP contribution in [0.2, 0.25) is 0 Å². The highest BCUT2D eigenvalue weighted by molar-refractivity contribution is 6.04. The Balaban J connectivity index is 1.84. The fraction of sp³-hybridized carbons (Fsp3) is 0.143. The molecule has 1 heterocycles. The smallest absolute Gasteiger partial charge is 0.269 e. The van der Waals surface area contributed by atoms with Crippen molar-refractivity contribution in [1.29, 1.82) is 0 Å². The van der Waals surface area contributed by atoms with Crippen molar-refractivity contribution in [3.8, 4) is 0 Å². The van der Waals surface area contributed by atoms with Gasteiger partial charge in [0, 0.05) is 30.1 Å². The lowest BCUT2D eigenvalue weighted by atomic mass is 10.1. The van der Waals surface area contributed by atoms with Gasteiger partial charge in [-0.1, -0.05) is 18.2 Å². The van der Waals surface area contributed by atoms with Crippen molar-refractivity contribution in [2.75, 3.05) is 5.32 Å². The number of hydrogen-bond donors (Lipinski definition) is 1. The third kappa shape index (κ3) is 4.50. The predicted octanol–water partition coefficient (Wildman–Crippen LogP) is 3.67. The number of rotatable bonds is 5. The third-order valence-corrected chi connectivity index (χ3v) is 4.20. The molecule has 0 aliphatic heterocycles. The Kier molecular flexibility index (Phi) is 5.35. The lowest BCUT2D eigenvalue weighted by Crippen LogP contribution is -2.22. The van der Waals surface area contributed by atoms with Crippen molar-refractivity contribution in [3.05, 3.63) is 104 Å². The topological polar surface area (TPSA) is 94.2 Å². The van der Waals surface area contributed by atoms with Gasteiger partial charge in [0.15, 0.2) is 0 Å². The van der Waals surface area contributed by atoms with Crippen LogP contribution in [0.15, 0.2) is 65.6 Å². The molecule has 0 fully saturated rings. The fourth-order valence-corrected chi connectivity index (χ4v) is 3.00. The van der Waals surface area contributed by atoms with E-state index in [9.17, 15) is 19.7 Å². The van der Waals surface area contributed by atoms with E-state index in [0.29, 0.717) is 16.8 Å². The van der Waals surface area contributed by atoms with Crippen molar-refractivity contribution >= 4 is 17.3 Å². The number of non-ortho nitro benzene ring substituents is 1. The van der Waals surface area contributed by atoms with Gasteiger partial charge in [-0.2, -0.15) is 0 Å². The summed E-state index contributed by atoms with van der Waals surface area (Å²) in [6, 6.07) is 14.6. The summed E-state index contributed by atoms with van der Waals surface area (Å²) >= 11 is 0. The van der Waals surface area contributed by atoms with Gasteiger partial charge in [-0.05, 0) is 48.7 Å². The Labute approximate surface area is 161 Å². The van der Waals surface area contributed by atoms with Crippen molar-refractivity contribution in [1.82, 2.24) is 4.57 Å². The summed E-state index contributed by atoms with van der Waals surface area (Å²) in [6.07, 6.45) is 1.46. The largest absolute Gasteiger partial charge is 0.322 e. The second-order valence-corrected chi connectivity index (χ2v) is 6.64. The first-order valence-corrected chi connectivity index (χ1v) is 8.65. The minimum Gasteiger partial charge on any atom is -0.322 e. The van der Waals surface area contributed by atoms with E-state index in [2.05, 4.69) is 5.32 Å². The molecule has 1 aromatic heterocycles. The zero-order chi connectivity index (χ0) is 20.3. The van der Waals surface area contributed by atoms with Gasteiger partial charge in [0.2, 0.25) is 0 Å². The molecule has 0 radical (unpaired) electrons. The van der Waals surface area contributed by atoms with Crippen molar-refractivity contribution in [2.24, 2.45) is 0 Å². The van der Waals surface area contributed by atoms with Gasteiger partial charge in [0.25, 0.3) is 17.2 Å². The van der Waals surface area contributed by atoms with Crippen LogP contribution in [-0.4, -0.2) is 15.4 Å². The summed E-state index contributed by atoms with van der Waals surface area (Å²) in [5.74, 6) is -0.335. The Morgan fingerprint density at radius 2 is 1.79 bits per heavy atom. The lowest BCUT2D eigenvalue weighted by molar-refractivity contribution is -0.384. The lowest BCUT2D eigenvalue weighted by Gasteiger charge is -2.10. The number of pyridine rings is 1. The summed E-state index contributed by atoms with van der Waals surface area (Å²) in [6.45, 7) is 4.02. The van der Waals surface area contributed by atoms with Crippen LogP contribution in [0.5, 0.6) is 0 Å². The molecule has 7 nitrogen and oxygen atoms in total. The molecule has 28 heavy (non-hydrogen) atoms. The van der Waals surface area contributed by atoms with E-state index in [1.807, 2.05) is 32.0 Å². The fourth-order valence-electron chi connectivity index (χ4n) is 3.00. The number of aromatic nitrogens is 1. The first-order chi connectivity index (χ1) is 13.3. The standard InChI is InChI=1S/C21H19N3O4/c1-14-8-15(2)10-18(9-14)22-21(26)17-6-7-20(25)23(13-17)12-16-4-3-5-19(11-16)24(27)28/h3-11,13H,12H2,1-2H3,(H,22,26). The number of carbonyl (C=O) groups excluding carboxylic acids is 1. The molecule has 1 amide bonds. The van der Waals surface area contributed by atoms with E-state index in [1.54, 1.807) is 12.1 Å². The molecular formula is C21H19N3O4. The predicted molar refractivity (Wildman–Crippen MR) is 107 cm³/mol. The maximum atomic E-state index is 12.6. The van der Waals surface area contributed by atoms with E-state index in [-0.39, 0.29) is 23.7 Å². The summed E-state index contributed by atoms with van der Waals surface area (Å²) in [4.78, 5) is 35.2. The van der Waals surface area contributed by atoms with E-state index >= 15 is 0 Å². The maximum absolute atomic E-state index is 12.6. The number of nitrogens with one attached hydrogen (secondary N) is 1. The van der Waals surface area contributed by atoms with E-state index in [1.165, 1.54) is 35.0 Å². The van der Waals surface area contributed by atoms with Crippen LogP contribution in [0.1, 0.15) is 27.0 Å². The normalized spacial score (nSPS) is 10.5. The molecule has 3 aromatic rings. The minimum absolute atomic E-state index is 0.0470. The molecule has 0 saturated carbocycles. The number of amides is 1. The summed E-state index contributed by atoms with van der Waals surface area (Å²) in [7, 11) is 0.